The molecule has 0 aromatic carbocycles. The van der Waals surface area contributed by atoms with Gasteiger partial charge in [-0.2, -0.15) is 0 Å². The van der Waals surface area contributed by atoms with E-state index in [1.165, 1.54) is 0 Å². The van der Waals surface area contributed by atoms with E-state index in [-0.39, 0.29) is 0 Å². The Balaban J connectivity index is 2.16. The lowest BCUT2D eigenvalue weighted by Crippen LogP contribution is -2.58. The van der Waals surface area contributed by atoms with Crippen molar-refractivity contribution in [2.24, 2.45) is 5.92 Å². The van der Waals surface area contributed by atoms with Gasteiger partial charge in [0, 0.05) is 12.5 Å². The summed E-state index contributed by atoms with van der Waals surface area (Å²) in [5, 5.41) is 10.5. The molecule has 3 aliphatic rings. The molecule has 0 unspecified atom stereocenters. The van der Waals surface area contributed by atoms with E-state index < -0.39 is 13.7 Å². The summed E-state index contributed by atoms with van der Waals surface area (Å²) >= 11 is 0. The Morgan fingerprint density at radius 2 is 1.87 bits per heavy atom. The van der Waals surface area contributed by atoms with Crippen LogP contribution in [0.25, 0.3) is 0 Å². The molecular formula is C12H21NOSi. The molecule has 3 heteroatoms. The molecule has 2 bridgehead atoms. The first-order chi connectivity index (χ1) is 6.89. The van der Waals surface area contributed by atoms with Gasteiger partial charge in [-0.25, -0.2) is 0 Å². The maximum Gasteiger partial charge on any atom is 0.140 e. The van der Waals surface area contributed by atoms with Gasteiger partial charge in [0.15, 0.2) is 0 Å². The van der Waals surface area contributed by atoms with E-state index in [0.717, 1.165) is 32.5 Å². The van der Waals surface area contributed by atoms with Crippen molar-refractivity contribution in [2.45, 2.75) is 38.1 Å². The molecule has 15 heavy (non-hydrogen) atoms. The topological polar surface area (TPSA) is 23.5 Å². The maximum absolute atomic E-state index is 10.5. The molecule has 0 aliphatic carbocycles. The normalized spacial score (nSPS) is 39.7. The minimum Gasteiger partial charge on any atom is -0.376 e. The lowest BCUT2D eigenvalue weighted by molar-refractivity contribution is -0.0712. The summed E-state index contributed by atoms with van der Waals surface area (Å²) < 4.78 is 0. The zero-order chi connectivity index (χ0) is 11.1. The van der Waals surface area contributed by atoms with Crippen LogP contribution < -0.4 is 0 Å². The monoisotopic (exact) mass is 223 g/mol. The fraction of sp³-hybridized carbons (Fsp3) is 0.833. The summed E-state index contributed by atoms with van der Waals surface area (Å²) in [7, 11) is -1.36. The number of piperidine rings is 3. The molecule has 0 radical (unpaired) electrons. The van der Waals surface area contributed by atoms with Crippen molar-refractivity contribution in [1.82, 2.24) is 4.90 Å². The molecule has 3 aliphatic heterocycles. The van der Waals surface area contributed by atoms with Crippen molar-refractivity contribution in [1.29, 1.82) is 0 Å². The van der Waals surface area contributed by atoms with E-state index in [1.54, 1.807) is 0 Å². The van der Waals surface area contributed by atoms with Crippen molar-refractivity contribution in [3.8, 4) is 11.5 Å². The molecule has 0 aromatic heterocycles. The predicted octanol–water partition coefficient (Wildman–Crippen LogP) is 1.32. The second-order valence-electron chi connectivity index (χ2n) is 5.97. The van der Waals surface area contributed by atoms with Crippen LogP contribution in [-0.2, 0) is 0 Å². The van der Waals surface area contributed by atoms with Crippen molar-refractivity contribution in [2.75, 3.05) is 19.6 Å². The molecule has 1 atom stereocenters. The standard InChI is InChI=1S/C12H21NOSi/c1-15(2,3)9-6-12(14)10-13-7-4-11(12)5-8-13/h11,14H,4-5,7-8,10H2,1-3H3/t12-/m1/s1. The van der Waals surface area contributed by atoms with Gasteiger partial charge in [-0.05, 0) is 25.9 Å². The molecule has 3 rings (SSSR count). The third kappa shape index (κ3) is 2.44. The van der Waals surface area contributed by atoms with Crippen molar-refractivity contribution in [3.63, 3.8) is 0 Å². The zero-order valence-electron chi connectivity index (χ0n) is 10.0. The summed E-state index contributed by atoms with van der Waals surface area (Å²) in [4.78, 5) is 2.35. The zero-order valence-corrected chi connectivity index (χ0v) is 11.0. The van der Waals surface area contributed by atoms with E-state index in [9.17, 15) is 5.11 Å². The molecule has 2 nitrogen and oxygen atoms in total. The van der Waals surface area contributed by atoms with Gasteiger partial charge in [0.05, 0.1) is 0 Å². The number of hydrogen-bond donors (Lipinski definition) is 1. The van der Waals surface area contributed by atoms with Gasteiger partial charge in [-0.1, -0.05) is 25.6 Å². The minimum atomic E-state index is -1.36. The molecule has 3 saturated heterocycles. The summed E-state index contributed by atoms with van der Waals surface area (Å²) in [6, 6.07) is 0. The van der Waals surface area contributed by atoms with Crippen molar-refractivity contribution < 1.29 is 5.11 Å². The molecule has 0 aromatic rings. The summed E-state index contributed by atoms with van der Waals surface area (Å²) in [5.41, 5.74) is 2.63. The Bertz CT molecular complexity index is 304. The van der Waals surface area contributed by atoms with Crippen molar-refractivity contribution in [3.05, 3.63) is 0 Å². The lowest BCUT2D eigenvalue weighted by atomic mass is 9.76. The number of aliphatic hydroxyl groups is 1. The Hall–Kier alpha value is -0.303. The second kappa shape index (κ2) is 3.62. The van der Waals surface area contributed by atoms with E-state index in [0.29, 0.717) is 5.92 Å². The van der Waals surface area contributed by atoms with Gasteiger partial charge in [0.1, 0.15) is 13.7 Å². The fourth-order valence-corrected chi connectivity index (χ4v) is 3.07. The highest BCUT2D eigenvalue weighted by molar-refractivity contribution is 6.83. The summed E-state index contributed by atoms with van der Waals surface area (Å²) in [5.74, 6) is 3.62. The molecule has 84 valence electrons. The number of rotatable bonds is 0. The first kappa shape index (κ1) is 11.2. The van der Waals surface area contributed by atoms with Crippen LogP contribution in [0.3, 0.4) is 0 Å². The smallest absolute Gasteiger partial charge is 0.140 e. The van der Waals surface area contributed by atoms with Gasteiger partial charge in [0.25, 0.3) is 0 Å². The quantitative estimate of drug-likeness (QED) is 0.495. The summed E-state index contributed by atoms with van der Waals surface area (Å²) in [6.45, 7) is 9.76. The highest BCUT2D eigenvalue weighted by Crippen LogP contribution is 2.35. The van der Waals surface area contributed by atoms with Crippen LogP contribution in [0.2, 0.25) is 19.6 Å². The number of fused-ring (bicyclic) bond motifs is 3. The van der Waals surface area contributed by atoms with Gasteiger partial charge < -0.3 is 5.11 Å². The molecule has 3 heterocycles. The third-order valence-corrected chi connectivity index (χ3v) is 4.26. The van der Waals surface area contributed by atoms with Gasteiger partial charge in [0.2, 0.25) is 0 Å². The van der Waals surface area contributed by atoms with E-state index in [4.69, 9.17) is 0 Å². The highest BCUT2D eigenvalue weighted by Gasteiger charge is 2.44. The van der Waals surface area contributed by atoms with Gasteiger partial charge in [-0.3, -0.25) is 4.90 Å². The van der Waals surface area contributed by atoms with Crippen LogP contribution in [0, 0.1) is 17.4 Å². The molecule has 1 N–H and O–H groups in total. The Morgan fingerprint density at radius 3 is 2.27 bits per heavy atom. The fourth-order valence-electron chi connectivity index (χ4n) is 2.48. The van der Waals surface area contributed by atoms with Gasteiger partial charge >= 0.3 is 0 Å². The molecular weight excluding hydrogens is 202 g/mol. The lowest BCUT2D eigenvalue weighted by Gasteiger charge is -2.48. The largest absolute Gasteiger partial charge is 0.376 e. The van der Waals surface area contributed by atoms with Crippen LogP contribution >= 0.6 is 0 Å². The second-order valence-corrected chi connectivity index (χ2v) is 10.7. The minimum absolute atomic E-state index is 0.423. The molecule has 0 amide bonds. The Kier molecular flexibility index (Phi) is 2.70. The van der Waals surface area contributed by atoms with Crippen LogP contribution in [0.4, 0.5) is 0 Å². The predicted molar refractivity (Wildman–Crippen MR) is 65.2 cm³/mol. The van der Waals surface area contributed by atoms with E-state index in [2.05, 4.69) is 36.0 Å². The summed E-state index contributed by atoms with van der Waals surface area (Å²) in [6.07, 6.45) is 2.24. The average molecular weight is 223 g/mol. The number of nitrogens with zero attached hydrogens (tertiary/aromatic N) is 1. The van der Waals surface area contributed by atoms with E-state index in [1.807, 2.05) is 0 Å². The third-order valence-electron chi connectivity index (χ3n) is 3.38. The number of hydrogen-bond acceptors (Lipinski definition) is 2. The molecule has 0 spiro atoms. The van der Waals surface area contributed by atoms with Crippen LogP contribution in [0.5, 0.6) is 0 Å². The molecule has 3 fully saturated rings. The first-order valence-electron chi connectivity index (χ1n) is 5.88. The van der Waals surface area contributed by atoms with Crippen LogP contribution in [0.15, 0.2) is 0 Å². The van der Waals surface area contributed by atoms with Crippen LogP contribution in [0.1, 0.15) is 12.8 Å². The molecule has 0 saturated carbocycles. The van der Waals surface area contributed by atoms with Crippen molar-refractivity contribution >= 4 is 8.07 Å². The first-order valence-corrected chi connectivity index (χ1v) is 9.38. The highest BCUT2D eigenvalue weighted by atomic mass is 28.3. The Morgan fingerprint density at radius 1 is 1.27 bits per heavy atom. The van der Waals surface area contributed by atoms with Crippen LogP contribution in [-0.4, -0.2) is 43.3 Å². The average Bonchev–Trinajstić information content (AvgIpc) is 2.16. The van der Waals surface area contributed by atoms with Gasteiger partial charge in [-0.15, -0.1) is 5.54 Å². The Labute approximate surface area is 93.7 Å². The maximum atomic E-state index is 10.5. The SMILES string of the molecule is C[Si](C)(C)C#C[C@@]1(O)CN2CCC1CC2. The van der Waals surface area contributed by atoms with E-state index >= 15 is 0 Å².